The largest absolute Gasteiger partial charge is 0.460 e. The second kappa shape index (κ2) is 3.21. The normalized spacial score (nSPS) is 38.7. The summed E-state index contributed by atoms with van der Waals surface area (Å²) >= 11 is 0. The number of carbonyl (C=O) groups is 1. The van der Waals surface area contributed by atoms with Crippen molar-refractivity contribution in [2.45, 2.75) is 57.7 Å². The third-order valence-corrected chi connectivity index (χ3v) is 3.52. The molecule has 3 heteroatoms. The first-order valence-electron chi connectivity index (χ1n) is 5.75. The molecule has 0 radical (unpaired) electrons. The number of hydrogen-bond acceptors (Lipinski definition) is 3. The van der Waals surface area contributed by atoms with Crippen LogP contribution in [0.3, 0.4) is 0 Å². The Morgan fingerprint density at radius 3 is 2.53 bits per heavy atom. The number of hydrogen-bond donors (Lipinski definition) is 1. The van der Waals surface area contributed by atoms with Gasteiger partial charge in [0.05, 0.1) is 12.0 Å². The Morgan fingerprint density at radius 1 is 1.47 bits per heavy atom. The maximum atomic E-state index is 11.6. The first kappa shape index (κ1) is 10.9. The van der Waals surface area contributed by atoms with Gasteiger partial charge >= 0.3 is 5.97 Å². The van der Waals surface area contributed by atoms with E-state index in [0.29, 0.717) is 12.3 Å². The number of rotatable bonds is 2. The number of ether oxygens (including phenoxy) is 1. The Hall–Kier alpha value is -0.570. The van der Waals surface area contributed by atoms with Gasteiger partial charge in [0.1, 0.15) is 5.60 Å². The summed E-state index contributed by atoms with van der Waals surface area (Å²) in [7, 11) is 0. The molecule has 2 rings (SSSR count). The predicted molar refractivity (Wildman–Crippen MR) is 56.2 cm³/mol. The zero-order chi connectivity index (χ0) is 11.3. The first-order valence-corrected chi connectivity index (χ1v) is 5.75. The fourth-order valence-corrected chi connectivity index (χ4v) is 2.70. The Morgan fingerprint density at radius 2 is 2.13 bits per heavy atom. The van der Waals surface area contributed by atoms with Gasteiger partial charge in [-0.15, -0.1) is 0 Å². The summed E-state index contributed by atoms with van der Waals surface area (Å²) in [5, 5.41) is 10.1. The molecule has 86 valence electrons. The standard InChI is InChI=1S/C12H20O3/c1-11(2,3)15-10(13)6-8-4-5-9-7-12(8,9)14/h8-9,14H,4-7H2,1-3H3/t8-,9+,12-/m0/s1. The van der Waals surface area contributed by atoms with Crippen LogP contribution in [-0.2, 0) is 9.53 Å². The Balaban J connectivity index is 1.85. The smallest absolute Gasteiger partial charge is 0.306 e. The maximum absolute atomic E-state index is 11.6. The number of carbonyl (C=O) groups excluding carboxylic acids is 1. The minimum atomic E-state index is -0.517. The second-order valence-corrected chi connectivity index (χ2v) is 5.96. The molecule has 2 aliphatic rings. The minimum absolute atomic E-state index is 0.136. The fourth-order valence-electron chi connectivity index (χ4n) is 2.70. The molecule has 15 heavy (non-hydrogen) atoms. The van der Waals surface area contributed by atoms with Gasteiger partial charge in [-0.25, -0.2) is 0 Å². The van der Waals surface area contributed by atoms with Crippen LogP contribution in [0.15, 0.2) is 0 Å². The van der Waals surface area contributed by atoms with Crippen LogP contribution >= 0.6 is 0 Å². The van der Waals surface area contributed by atoms with Crippen molar-refractivity contribution >= 4 is 5.97 Å². The molecule has 2 fully saturated rings. The van der Waals surface area contributed by atoms with Crippen LogP contribution in [-0.4, -0.2) is 22.3 Å². The molecule has 0 spiro atoms. The highest BCUT2D eigenvalue weighted by Gasteiger charge is 2.62. The van der Waals surface area contributed by atoms with Gasteiger partial charge in [0.2, 0.25) is 0 Å². The lowest BCUT2D eigenvalue weighted by Gasteiger charge is -2.22. The first-order chi connectivity index (χ1) is 6.81. The number of esters is 1. The van der Waals surface area contributed by atoms with Crippen LogP contribution in [0, 0.1) is 11.8 Å². The Kier molecular flexibility index (Phi) is 2.34. The highest BCUT2D eigenvalue weighted by molar-refractivity contribution is 5.70. The highest BCUT2D eigenvalue weighted by Crippen LogP contribution is 2.60. The Bertz CT molecular complexity index is 277. The average Bonchev–Trinajstić information content (AvgIpc) is 2.60. The quantitative estimate of drug-likeness (QED) is 0.711. The minimum Gasteiger partial charge on any atom is -0.460 e. The van der Waals surface area contributed by atoms with Gasteiger partial charge in [0.15, 0.2) is 0 Å². The summed E-state index contributed by atoms with van der Waals surface area (Å²) in [6.45, 7) is 5.61. The summed E-state index contributed by atoms with van der Waals surface area (Å²) in [6.07, 6.45) is 3.31. The van der Waals surface area contributed by atoms with Crippen molar-refractivity contribution in [1.29, 1.82) is 0 Å². The van der Waals surface area contributed by atoms with Crippen LogP contribution in [0.4, 0.5) is 0 Å². The molecule has 3 atom stereocenters. The van der Waals surface area contributed by atoms with Crippen molar-refractivity contribution in [2.24, 2.45) is 11.8 Å². The average molecular weight is 212 g/mol. The molecule has 0 unspecified atom stereocenters. The van der Waals surface area contributed by atoms with Crippen molar-refractivity contribution < 1.29 is 14.6 Å². The zero-order valence-electron chi connectivity index (χ0n) is 9.75. The van der Waals surface area contributed by atoms with E-state index in [0.717, 1.165) is 19.3 Å². The maximum Gasteiger partial charge on any atom is 0.306 e. The summed E-state index contributed by atoms with van der Waals surface area (Å²) in [6, 6.07) is 0. The molecule has 0 aromatic rings. The van der Waals surface area contributed by atoms with E-state index in [9.17, 15) is 9.90 Å². The lowest BCUT2D eigenvalue weighted by molar-refractivity contribution is -0.157. The van der Waals surface area contributed by atoms with Crippen molar-refractivity contribution in [3.8, 4) is 0 Å². The molecule has 2 saturated carbocycles. The van der Waals surface area contributed by atoms with E-state index >= 15 is 0 Å². The molecule has 3 nitrogen and oxygen atoms in total. The molecular weight excluding hydrogens is 192 g/mol. The van der Waals surface area contributed by atoms with Gasteiger partial charge in [0.25, 0.3) is 0 Å². The predicted octanol–water partition coefficient (Wildman–Crippen LogP) is 1.88. The third kappa shape index (κ3) is 2.17. The molecule has 0 bridgehead atoms. The molecular formula is C12H20O3. The summed E-state index contributed by atoms with van der Waals surface area (Å²) in [5.41, 5.74) is -0.932. The molecule has 2 aliphatic carbocycles. The van der Waals surface area contributed by atoms with E-state index in [2.05, 4.69) is 0 Å². The topological polar surface area (TPSA) is 46.5 Å². The molecule has 0 aliphatic heterocycles. The molecule has 1 N–H and O–H groups in total. The van der Waals surface area contributed by atoms with E-state index in [-0.39, 0.29) is 11.9 Å². The van der Waals surface area contributed by atoms with Gasteiger partial charge in [-0.3, -0.25) is 4.79 Å². The molecule has 0 aromatic heterocycles. The summed E-state index contributed by atoms with van der Waals surface area (Å²) in [5.74, 6) is 0.427. The van der Waals surface area contributed by atoms with Gasteiger partial charge < -0.3 is 9.84 Å². The van der Waals surface area contributed by atoms with E-state index in [1.54, 1.807) is 0 Å². The van der Waals surface area contributed by atoms with Crippen LogP contribution in [0.5, 0.6) is 0 Å². The van der Waals surface area contributed by atoms with Crippen LogP contribution in [0.1, 0.15) is 46.5 Å². The summed E-state index contributed by atoms with van der Waals surface area (Å²) < 4.78 is 5.26. The van der Waals surface area contributed by atoms with Gasteiger partial charge in [-0.05, 0) is 51.9 Å². The van der Waals surface area contributed by atoms with E-state index in [1.165, 1.54) is 0 Å². The van der Waals surface area contributed by atoms with Crippen LogP contribution in [0.25, 0.3) is 0 Å². The molecule has 0 aromatic carbocycles. The molecule has 0 amide bonds. The second-order valence-electron chi connectivity index (χ2n) is 5.96. The van der Waals surface area contributed by atoms with Crippen LogP contribution < -0.4 is 0 Å². The lowest BCUT2D eigenvalue weighted by Crippen LogP contribution is -2.28. The van der Waals surface area contributed by atoms with E-state index in [1.807, 2.05) is 20.8 Å². The summed E-state index contributed by atoms with van der Waals surface area (Å²) in [4.78, 5) is 11.6. The van der Waals surface area contributed by atoms with Crippen LogP contribution in [0.2, 0.25) is 0 Å². The Labute approximate surface area is 90.8 Å². The fraction of sp³-hybridized carbons (Fsp3) is 0.917. The van der Waals surface area contributed by atoms with Gasteiger partial charge in [-0.2, -0.15) is 0 Å². The van der Waals surface area contributed by atoms with Crippen molar-refractivity contribution in [1.82, 2.24) is 0 Å². The van der Waals surface area contributed by atoms with Crippen molar-refractivity contribution in [2.75, 3.05) is 0 Å². The van der Waals surface area contributed by atoms with E-state index < -0.39 is 11.2 Å². The van der Waals surface area contributed by atoms with Crippen molar-refractivity contribution in [3.63, 3.8) is 0 Å². The van der Waals surface area contributed by atoms with Gasteiger partial charge in [0, 0.05) is 0 Å². The molecule has 0 heterocycles. The highest BCUT2D eigenvalue weighted by atomic mass is 16.6. The number of fused-ring (bicyclic) bond motifs is 1. The lowest BCUT2D eigenvalue weighted by atomic mass is 9.97. The SMILES string of the molecule is CC(C)(C)OC(=O)C[C@@H]1CC[C@@H]2C[C@@]21O. The third-order valence-electron chi connectivity index (χ3n) is 3.52. The van der Waals surface area contributed by atoms with E-state index in [4.69, 9.17) is 4.74 Å². The van der Waals surface area contributed by atoms with Gasteiger partial charge in [-0.1, -0.05) is 0 Å². The molecule has 0 saturated heterocycles. The zero-order valence-corrected chi connectivity index (χ0v) is 9.75. The number of aliphatic hydroxyl groups is 1. The van der Waals surface area contributed by atoms with Crippen molar-refractivity contribution in [3.05, 3.63) is 0 Å². The monoisotopic (exact) mass is 212 g/mol.